The van der Waals surface area contributed by atoms with Crippen LogP contribution in [0, 0.1) is 0 Å². The fourth-order valence-electron chi connectivity index (χ4n) is 2.77. The Kier molecular flexibility index (Phi) is 4.28. The number of anilines is 1. The molecule has 0 saturated carbocycles. The lowest BCUT2D eigenvalue weighted by Gasteiger charge is -2.12. The molecule has 4 nitrogen and oxygen atoms in total. The molecule has 0 spiro atoms. The van der Waals surface area contributed by atoms with Crippen molar-refractivity contribution in [2.24, 2.45) is 0 Å². The average molecular weight is 341 g/mol. The van der Waals surface area contributed by atoms with Crippen LogP contribution >= 0.6 is 0 Å². The van der Waals surface area contributed by atoms with Crippen LogP contribution < -0.4 is 4.90 Å². The number of nitrogens with zero attached hydrogens (tertiary/aromatic N) is 1. The van der Waals surface area contributed by atoms with Gasteiger partial charge in [0, 0.05) is 30.9 Å². The third-order valence-electron chi connectivity index (χ3n) is 4.15. The Morgan fingerprint density at radius 2 is 1.67 bits per heavy atom. The lowest BCUT2D eigenvalue weighted by Crippen LogP contribution is -2.08. The van der Waals surface area contributed by atoms with Gasteiger partial charge in [0.05, 0.1) is 10.6 Å². The molecule has 0 aromatic heterocycles. The molecule has 1 heterocycles. The molecule has 0 radical (unpaired) electrons. The minimum Gasteiger partial charge on any atom is -0.378 e. The fraction of sp³-hybridized carbons (Fsp3) is 0.211. The fourth-order valence-corrected chi connectivity index (χ4v) is 4.26. The van der Waals surface area contributed by atoms with Crippen LogP contribution in [0.3, 0.4) is 0 Å². The average Bonchev–Trinajstić information content (AvgIpc) is 2.66. The van der Waals surface area contributed by atoms with Crippen LogP contribution in [0.15, 0.2) is 59.0 Å². The lowest BCUT2D eigenvalue weighted by molar-refractivity contribution is 0.103. The van der Waals surface area contributed by atoms with E-state index in [1.807, 2.05) is 43.3 Å². The second-order valence-electron chi connectivity index (χ2n) is 6.05. The van der Waals surface area contributed by atoms with Gasteiger partial charge in [-0.1, -0.05) is 24.3 Å². The van der Waals surface area contributed by atoms with Gasteiger partial charge in [0.25, 0.3) is 0 Å². The molecule has 0 atom stereocenters. The molecule has 0 bridgehead atoms. The Balaban J connectivity index is 2.02. The van der Waals surface area contributed by atoms with Crippen molar-refractivity contribution < 1.29 is 13.2 Å². The molecule has 0 aliphatic carbocycles. The van der Waals surface area contributed by atoms with Gasteiger partial charge < -0.3 is 4.90 Å². The van der Waals surface area contributed by atoms with Gasteiger partial charge in [-0.2, -0.15) is 0 Å². The summed E-state index contributed by atoms with van der Waals surface area (Å²) in [5, 5.41) is 0. The van der Waals surface area contributed by atoms with E-state index in [0.717, 1.165) is 11.3 Å². The van der Waals surface area contributed by atoms with Crippen LogP contribution in [0.25, 0.3) is 6.08 Å². The Morgan fingerprint density at radius 3 is 2.33 bits per heavy atom. The van der Waals surface area contributed by atoms with E-state index >= 15 is 0 Å². The SMILES string of the molecule is CN(C)c1ccc(C=C2CCS(=O)(=O)c3ccccc3C2=O)cc1. The van der Waals surface area contributed by atoms with Crippen molar-refractivity contribution in [2.75, 3.05) is 24.7 Å². The summed E-state index contributed by atoms with van der Waals surface area (Å²) in [5.41, 5.74) is 2.75. The maximum Gasteiger partial charge on any atom is 0.190 e. The van der Waals surface area contributed by atoms with Crippen LogP contribution in [0.1, 0.15) is 22.3 Å². The normalized spacial score (nSPS) is 18.1. The molecule has 0 amide bonds. The van der Waals surface area contributed by atoms with Gasteiger partial charge in [0.15, 0.2) is 15.6 Å². The van der Waals surface area contributed by atoms with Gasteiger partial charge in [-0.15, -0.1) is 0 Å². The molecule has 0 N–H and O–H groups in total. The molecule has 2 aromatic rings. The van der Waals surface area contributed by atoms with Crippen LogP contribution in [-0.2, 0) is 9.84 Å². The molecule has 5 heteroatoms. The molecule has 24 heavy (non-hydrogen) atoms. The van der Waals surface area contributed by atoms with Gasteiger partial charge in [0.2, 0.25) is 0 Å². The van der Waals surface area contributed by atoms with Crippen molar-refractivity contribution in [1.29, 1.82) is 0 Å². The zero-order chi connectivity index (χ0) is 17.3. The molecular weight excluding hydrogens is 322 g/mol. The van der Waals surface area contributed by atoms with E-state index in [0.29, 0.717) is 5.57 Å². The van der Waals surface area contributed by atoms with Crippen molar-refractivity contribution in [1.82, 2.24) is 0 Å². The molecule has 0 saturated heterocycles. The van der Waals surface area contributed by atoms with Crippen LogP contribution in [-0.4, -0.2) is 34.0 Å². The third-order valence-corrected chi connectivity index (χ3v) is 5.92. The number of Topliss-reactive ketones (excluding diaryl/α,β-unsaturated/α-hetero) is 1. The monoisotopic (exact) mass is 341 g/mol. The van der Waals surface area contributed by atoms with Gasteiger partial charge in [-0.05, 0) is 42.3 Å². The first-order valence-corrected chi connectivity index (χ1v) is 9.38. The van der Waals surface area contributed by atoms with Crippen molar-refractivity contribution in [3.05, 3.63) is 65.2 Å². The quantitative estimate of drug-likeness (QED) is 0.787. The van der Waals surface area contributed by atoms with Gasteiger partial charge in [-0.3, -0.25) is 4.79 Å². The zero-order valence-corrected chi connectivity index (χ0v) is 14.5. The van der Waals surface area contributed by atoms with Crippen LogP contribution in [0.5, 0.6) is 0 Å². The van der Waals surface area contributed by atoms with E-state index in [4.69, 9.17) is 0 Å². The highest BCUT2D eigenvalue weighted by Gasteiger charge is 2.28. The lowest BCUT2D eigenvalue weighted by atomic mass is 9.99. The Labute approximate surface area is 142 Å². The van der Waals surface area contributed by atoms with E-state index in [-0.39, 0.29) is 28.4 Å². The van der Waals surface area contributed by atoms with Gasteiger partial charge in [0.1, 0.15) is 0 Å². The van der Waals surface area contributed by atoms with E-state index in [9.17, 15) is 13.2 Å². The van der Waals surface area contributed by atoms with Gasteiger partial charge in [-0.25, -0.2) is 8.42 Å². The van der Waals surface area contributed by atoms with Crippen LogP contribution in [0.2, 0.25) is 0 Å². The standard InChI is InChI=1S/C19H19NO3S/c1-20(2)16-9-7-14(8-10-16)13-15-11-12-24(22,23)18-6-4-3-5-17(18)19(15)21/h3-10,13H,11-12H2,1-2H3. The number of benzene rings is 2. The highest BCUT2D eigenvalue weighted by molar-refractivity contribution is 7.91. The summed E-state index contributed by atoms with van der Waals surface area (Å²) in [7, 11) is 0.502. The molecule has 2 aromatic carbocycles. The second kappa shape index (κ2) is 6.24. The third kappa shape index (κ3) is 3.12. The number of hydrogen-bond acceptors (Lipinski definition) is 4. The molecule has 0 unspecified atom stereocenters. The number of carbonyl (C=O) groups excluding carboxylic acids is 1. The predicted octanol–water partition coefficient (Wildman–Crippen LogP) is 3.20. The Morgan fingerprint density at radius 1 is 1.00 bits per heavy atom. The summed E-state index contributed by atoms with van der Waals surface area (Å²) in [5.74, 6) is -0.249. The van der Waals surface area contributed by atoms with E-state index < -0.39 is 9.84 Å². The second-order valence-corrected chi connectivity index (χ2v) is 8.13. The van der Waals surface area contributed by atoms with Crippen molar-refractivity contribution in [2.45, 2.75) is 11.3 Å². The number of rotatable bonds is 2. The molecule has 3 rings (SSSR count). The number of fused-ring (bicyclic) bond motifs is 1. The highest BCUT2D eigenvalue weighted by Crippen LogP contribution is 2.28. The molecular formula is C19H19NO3S. The summed E-state index contributed by atoms with van der Waals surface area (Å²) >= 11 is 0. The Hall–Kier alpha value is -2.40. The smallest absolute Gasteiger partial charge is 0.190 e. The van der Waals surface area contributed by atoms with Crippen molar-refractivity contribution in [3.63, 3.8) is 0 Å². The van der Waals surface area contributed by atoms with Crippen LogP contribution in [0.4, 0.5) is 5.69 Å². The molecule has 0 fully saturated rings. The summed E-state index contributed by atoms with van der Waals surface area (Å²) in [6.45, 7) is 0. The summed E-state index contributed by atoms with van der Waals surface area (Å²) in [6, 6.07) is 14.2. The van der Waals surface area contributed by atoms with E-state index in [1.54, 1.807) is 24.3 Å². The summed E-state index contributed by atoms with van der Waals surface area (Å²) < 4.78 is 24.7. The Bertz CT molecular complexity index is 910. The molecule has 124 valence electrons. The highest BCUT2D eigenvalue weighted by atomic mass is 32.2. The molecule has 1 aliphatic rings. The first-order valence-electron chi connectivity index (χ1n) is 7.73. The first-order chi connectivity index (χ1) is 11.4. The van der Waals surface area contributed by atoms with E-state index in [1.165, 1.54) is 6.07 Å². The zero-order valence-electron chi connectivity index (χ0n) is 13.7. The number of carbonyl (C=O) groups is 1. The first kappa shape index (κ1) is 16.5. The number of sulfone groups is 1. The summed E-state index contributed by atoms with van der Waals surface area (Å²) in [6.07, 6.45) is 2.02. The predicted molar refractivity (Wildman–Crippen MR) is 96.2 cm³/mol. The van der Waals surface area contributed by atoms with Crippen molar-refractivity contribution in [3.8, 4) is 0 Å². The number of hydrogen-bond donors (Lipinski definition) is 0. The minimum absolute atomic E-state index is 0.0443. The maximum absolute atomic E-state index is 12.8. The molecule has 1 aliphatic heterocycles. The number of ketones is 1. The summed E-state index contributed by atoms with van der Waals surface area (Å²) in [4.78, 5) is 14.9. The van der Waals surface area contributed by atoms with Crippen molar-refractivity contribution >= 4 is 27.4 Å². The topological polar surface area (TPSA) is 54.5 Å². The maximum atomic E-state index is 12.8. The van der Waals surface area contributed by atoms with E-state index in [2.05, 4.69) is 0 Å². The number of allylic oxidation sites excluding steroid dienone is 1. The largest absolute Gasteiger partial charge is 0.378 e. The van der Waals surface area contributed by atoms with Gasteiger partial charge >= 0.3 is 0 Å². The minimum atomic E-state index is -3.42.